The van der Waals surface area contributed by atoms with Crippen LogP contribution in [0.25, 0.3) is 11.0 Å². The maximum Gasteiger partial charge on any atom is 0.249 e. The predicted molar refractivity (Wildman–Crippen MR) is 85.3 cm³/mol. The minimum Gasteiger partial charge on any atom is -0.272 e. The monoisotopic (exact) mass is 285 g/mol. The quantitative estimate of drug-likeness (QED) is 0.534. The lowest BCUT2D eigenvalue weighted by Gasteiger charge is -1.99. The lowest BCUT2D eigenvalue weighted by atomic mass is 10.1. The first-order valence-electron chi connectivity index (χ1n) is 7.81. The van der Waals surface area contributed by atoms with Crippen molar-refractivity contribution in [3.63, 3.8) is 0 Å². The van der Waals surface area contributed by atoms with E-state index in [9.17, 15) is 4.79 Å². The summed E-state index contributed by atoms with van der Waals surface area (Å²) in [7, 11) is 0. The summed E-state index contributed by atoms with van der Waals surface area (Å²) in [6.07, 6.45) is 11.7. The van der Waals surface area contributed by atoms with Crippen LogP contribution in [-0.2, 0) is 0 Å². The normalized spacial score (nSPS) is 11.5. The zero-order valence-corrected chi connectivity index (χ0v) is 12.7. The molecule has 0 saturated heterocycles. The highest BCUT2D eigenvalue weighted by molar-refractivity contribution is 5.88. The summed E-state index contributed by atoms with van der Waals surface area (Å²) >= 11 is 0. The van der Waals surface area contributed by atoms with Gasteiger partial charge in [0.2, 0.25) is 5.91 Å². The molecule has 0 aliphatic rings. The van der Waals surface area contributed by atoms with Crippen LogP contribution in [0.15, 0.2) is 36.4 Å². The number of rotatable bonds is 8. The number of carbonyl (C=O) groups is 1. The van der Waals surface area contributed by atoms with Crippen molar-refractivity contribution < 1.29 is 4.79 Å². The van der Waals surface area contributed by atoms with Gasteiger partial charge in [-0.15, -0.1) is 5.10 Å². The summed E-state index contributed by atoms with van der Waals surface area (Å²) in [5, 5.41) is 7.94. The third kappa shape index (κ3) is 4.52. The molecule has 0 spiro atoms. The molecular formula is C17H23N3O. The smallest absolute Gasteiger partial charge is 0.249 e. The van der Waals surface area contributed by atoms with Crippen molar-refractivity contribution in [2.24, 2.45) is 0 Å². The van der Waals surface area contributed by atoms with Crippen LogP contribution in [-0.4, -0.2) is 20.9 Å². The predicted octanol–water partition coefficient (Wildman–Crippen LogP) is 4.38. The van der Waals surface area contributed by atoms with Crippen LogP contribution in [0.3, 0.4) is 0 Å². The minimum atomic E-state index is -0.000618. The molecule has 4 nitrogen and oxygen atoms in total. The minimum absolute atomic E-state index is 0.000618. The van der Waals surface area contributed by atoms with Gasteiger partial charge in [0.25, 0.3) is 0 Å². The number of para-hydroxylation sites is 1. The second kappa shape index (κ2) is 8.35. The highest BCUT2D eigenvalue weighted by atomic mass is 16.2. The fourth-order valence-electron chi connectivity index (χ4n) is 2.29. The Hall–Kier alpha value is -1.97. The third-order valence-corrected chi connectivity index (χ3v) is 3.50. The van der Waals surface area contributed by atoms with Gasteiger partial charge in [0.05, 0.1) is 5.52 Å². The molecule has 0 unspecified atom stereocenters. The molecule has 0 N–H and O–H groups in total. The van der Waals surface area contributed by atoms with Crippen molar-refractivity contribution in [2.75, 3.05) is 0 Å². The first kappa shape index (κ1) is 15.4. The average Bonchev–Trinajstić information content (AvgIpc) is 2.94. The van der Waals surface area contributed by atoms with Gasteiger partial charge < -0.3 is 0 Å². The van der Waals surface area contributed by atoms with Crippen molar-refractivity contribution in [1.82, 2.24) is 15.0 Å². The Labute approximate surface area is 125 Å². The number of carbonyl (C=O) groups excluding carboxylic acids is 1. The van der Waals surface area contributed by atoms with Crippen molar-refractivity contribution in [3.05, 3.63) is 36.4 Å². The van der Waals surface area contributed by atoms with Crippen molar-refractivity contribution >= 4 is 16.9 Å². The molecule has 0 amide bonds. The van der Waals surface area contributed by atoms with E-state index in [1.165, 1.54) is 30.4 Å². The van der Waals surface area contributed by atoms with E-state index in [4.69, 9.17) is 0 Å². The maximum atomic E-state index is 12.1. The SMILES string of the molecule is CCCCCC/C=C/CCC(=O)n1nnc2ccccc21. The Kier molecular flexibility index (Phi) is 6.13. The molecule has 21 heavy (non-hydrogen) atoms. The Morgan fingerprint density at radius 2 is 1.95 bits per heavy atom. The number of allylic oxidation sites excluding steroid dienone is 2. The van der Waals surface area contributed by atoms with Gasteiger partial charge in [-0.2, -0.15) is 4.68 Å². The molecule has 0 fully saturated rings. The molecule has 0 bridgehead atoms. The Morgan fingerprint density at radius 3 is 2.81 bits per heavy atom. The molecule has 0 saturated carbocycles. The van der Waals surface area contributed by atoms with E-state index < -0.39 is 0 Å². The lowest BCUT2D eigenvalue weighted by Crippen LogP contribution is -2.11. The van der Waals surface area contributed by atoms with Gasteiger partial charge in [-0.05, 0) is 31.4 Å². The number of benzene rings is 1. The number of aromatic nitrogens is 3. The number of hydrogen-bond acceptors (Lipinski definition) is 3. The standard InChI is InChI=1S/C17H23N3O/c1-2-3-4-5-6-7-8-9-14-17(21)20-16-13-11-10-12-15(16)18-19-20/h7-8,10-13H,2-6,9,14H2,1H3/b8-7+. The molecule has 0 radical (unpaired) electrons. The van der Waals surface area contributed by atoms with E-state index in [-0.39, 0.29) is 5.91 Å². The van der Waals surface area contributed by atoms with E-state index in [2.05, 4.69) is 29.4 Å². The summed E-state index contributed by atoms with van der Waals surface area (Å²) in [6, 6.07) is 7.53. The summed E-state index contributed by atoms with van der Waals surface area (Å²) in [5.74, 6) is -0.000618. The highest BCUT2D eigenvalue weighted by Gasteiger charge is 2.10. The van der Waals surface area contributed by atoms with Crippen LogP contribution in [0.5, 0.6) is 0 Å². The molecule has 0 aliphatic heterocycles. The first-order valence-corrected chi connectivity index (χ1v) is 7.81. The number of unbranched alkanes of at least 4 members (excludes halogenated alkanes) is 4. The van der Waals surface area contributed by atoms with E-state index in [1.807, 2.05) is 24.3 Å². The van der Waals surface area contributed by atoms with E-state index in [0.29, 0.717) is 6.42 Å². The molecule has 1 aromatic heterocycles. The number of fused-ring (bicyclic) bond motifs is 1. The summed E-state index contributed by atoms with van der Waals surface area (Å²) < 4.78 is 1.41. The lowest BCUT2D eigenvalue weighted by molar-refractivity contribution is 0.0891. The van der Waals surface area contributed by atoms with Crippen LogP contribution in [0.2, 0.25) is 0 Å². The molecule has 2 aromatic rings. The fraction of sp³-hybridized carbons (Fsp3) is 0.471. The number of nitrogens with zero attached hydrogens (tertiary/aromatic N) is 3. The maximum absolute atomic E-state index is 12.1. The first-order chi connectivity index (χ1) is 10.3. The van der Waals surface area contributed by atoms with Crippen LogP contribution in [0, 0.1) is 0 Å². The third-order valence-electron chi connectivity index (χ3n) is 3.50. The Balaban J connectivity index is 1.76. The molecule has 0 atom stereocenters. The van der Waals surface area contributed by atoms with Crippen molar-refractivity contribution in [3.8, 4) is 0 Å². The van der Waals surface area contributed by atoms with Gasteiger partial charge in [0, 0.05) is 6.42 Å². The zero-order valence-electron chi connectivity index (χ0n) is 12.7. The number of hydrogen-bond donors (Lipinski definition) is 0. The topological polar surface area (TPSA) is 47.8 Å². The van der Waals surface area contributed by atoms with Gasteiger partial charge in [0.15, 0.2) is 0 Å². The molecule has 112 valence electrons. The van der Waals surface area contributed by atoms with Crippen LogP contribution >= 0.6 is 0 Å². The van der Waals surface area contributed by atoms with Gasteiger partial charge in [-0.3, -0.25) is 4.79 Å². The molecule has 1 heterocycles. The molecule has 1 aromatic carbocycles. The fourth-order valence-corrected chi connectivity index (χ4v) is 2.29. The second-order valence-electron chi connectivity index (χ2n) is 5.24. The van der Waals surface area contributed by atoms with Crippen LogP contribution in [0.4, 0.5) is 0 Å². The van der Waals surface area contributed by atoms with E-state index in [0.717, 1.165) is 23.9 Å². The Morgan fingerprint density at radius 1 is 1.14 bits per heavy atom. The molecular weight excluding hydrogens is 262 g/mol. The van der Waals surface area contributed by atoms with E-state index in [1.54, 1.807) is 0 Å². The van der Waals surface area contributed by atoms with Crippen LogP contribution < -0.4 is 0 Å². The van der Waals surface area contributed by atoms with Crippen molar-refractivity contribution in [2.45, 2.75) is 51.9 Å². The highest BCUT2D eigenvalue weighted by Crippen LogP contribution is 2.11. The summed E-state index contributed by atoms with van der Waals surface area (Å²) in [6.45, 7) is 2.22. The van der Waals surface area contributed by atoms with Crippen molar-refractivity contribution in [1.29, 1.82) is 0 Å². The zero-order chi connectivity index (χ0) is 14.9. The molecule has 4 heteroatoms. The van der Waals surface area contributed by atoms with E-state index >= 15 is 0 Å². The average molecular weight is 285 g/mol. The summed E-state index contributed by atoms with van der Waals surface area (Å²) in [5.41, 5.74) is 1.54. The largest absolute Gasteiger partial charge is 0.272 e. The second-order valence-corrected chi connectivity index (χ2v) is 5.24. The molecule has 2 rings (SSSR count). The Bertz CT molecular complexity index is 601. The summed E-state index contributed by atoms with van der Waals surface area (Å²) in [4.78, 5) is 12.1. The van der Waals surface area contributed by atoms with Gasteiger partial charge >= 0.3 is 0 Å². The van der Waals surface area contributed by atoms with Gasteiger partial charge in [-0.25, -0.2) is 0 Å². The molecule has 0 aliphatic carbocycles. The van der Waals surface area contributed by atoms with Gasteiger partial charge in [-0.1, -0.05) is 55.7 Å². The van der Waals surface area contributed by atoms with Crippen LogP contribution in [0.1, 0.15) is 56.7 Å². The van der Waals surface area contributed by atoms with Gasteiger partial charge in [0.1, 0.15) is 5.52 Å².